The summed E-state index contributed by atoms with van der Waals surface area (Å²) >= 11 is 0. The van der Waals surface area contributed by atoms with Crippen LogP contribution in [0.2, 0.25) is 0 Å². The summed E-state index contributed by atoms with van der Waals surface area (Å²) in [6.45, 7) is 4.19. The molecule has 9 heteroatoms. The molecule has 0 aliphatic heterocycles. The molecule has 0 spiro atoms. The van der Waals surface area contributed by atoms with Gasteiger partial charge in [0.1, 0.15) is 5.84 Å². The van der Waals surface area contributed by atoms with Gasteiger partial charge in [-0.2, -0.15) is 0 Å². The molecule has 35 heavy (non-hydrogen) atoms. The monoisotopic (exact) mass is 493 g/mol. The smallest absolute Gasteiger partial charge is 0.238 e. The molecule has 8 nitrogen and oxygen atoms in total. The zero-order valence-corrected chi connectivity index (χ0v) is 20.6. The number of nitrogens with one attached hydrogen (secondary N) is 3. The third kappa shape index (κ3) is 7.40. The molecule has 0 bridgehead atoms. The third-order valence-corrected chi connectivity index (χ3v) is 6.37. The lowest BCUT2D eigenvalue weighted by atomic mass is 10.00. The lowest BCUT2D eigenvalue weighted by Gasteiger charge is -2.22. The fraction of sp³-hybridized carbons (Fsp3) is 0.231. The van der Waals surface area contributed by atoms with Gasteiger partial charge in [0.2, 0.25) is 15.9 Å². The second kappa shape index (κ2) is 11.2. The molecule has 3 aromatic carbocycles. The second-order valence-electron chi connectivity index (χ2n) is 8.84. The average molecular weight is 494 g/mol. The van der Waals surface area contributed by atoms with E-state index in [0.29, 0.717) is 28.3 Å². The summed E-state index contributed by atoms with van der Waals surface area (Å²) < 4.78 is 23.8. The minimum absolute atomic E-state index is 0.0121. The zero-order chi connectivity index (χ0) is 25.6. The normalized spacial score (nSPS) is 12.2. The number of nitrogen functional groups attached to an aromatic ring is 1. The number of anilines is 2. The number of rotatable bonds is 10. The van der Waals surface area contributed by atoms with Crippen LogP contribution in [0.3, 0.4) is 0 Å². The molecule has 0 saturated heterocycles. The molecule has 0 fully saturated rings. The van der Waals surface area contributed by atoms with E-state index in [0.717, 1.165) is 12.1 Å². The van der Waals surface area contributed by atoms with Crippen molar-refractivity contribution in [1.29, 1.82) is 5.41 Å². The van der Waals surface area contributed by atoms with Crippen LogP contribution in [0.1, 0.15) is 32.3 Å². The van der Waals surface area contributed by atoms with Gasteiger partial charge in [-0.3, -0.25) is 10.2 Å². The molecule has 7 N–H and O–H groups in total. The number of nitrogens with two attached hydrogens (primary N) is 2. The Morgan fingerprint density at radius 1 is 0.971 bits per heavy atom. The number of hydrogen-bond donors (Lipinski definition) is 5. The first kappa shape index (κ1) is 25.9. The number of carbonyl (C=O) groups excluding carboxylic acids is 1. The molecule has 0 aliphatic rings. The molecule has 1 atom stereocenters. The van der Waals surface area contributed by atoms with Gasteiger partial charge in [0.05, 0.1) is 4.90 Å². The Morgan fingerprint density at radius 3 is 2.29 bits per heavy atom. The number of hydrogen-bond acceptors (Lipinski definition) is 5. The molecule has 184 valence electrons. The van der Waals surface area contributed by atoms with Crippen LogP contribution < -0.4 is 21.5 Å². The summed E-state index contributed by atoms with van der Waals surface area (Å²) in [4.78, 5) is 12.9. The molecule has 0 unspecified atom stereocenters. The molecule has 0 heterocycles. The summed E-state index contributed by atoms with van der Waals surface area (Å²) in [5.74, 6) is 0.208. The minimum atomic E-state index is -3.86. The maximum absolute atomic E-state index is 12.8. The van der Waals surface area contributed by atoms with Crippen LogP contribution in [0.15, 0.2) is 77.7 Å². The maximum atomic E-state index is 12.8. The van der Waals surface area contributed by atoms with Crippen LogP contribution in [-0.2, 0) is 14.8 Å². The van der Waals surface area contributed by atoms with Crippen molar-refractivity contribution < 1.29 is 13.2 Å². The van der Waals surface area contributed by atoms with Crippen LogP contribution in [-0.4, -0.2) is 26.2 Å². The summed E-state index contributed by atoms with van der Waals surface area (Å²) in [7, 11) is -3.86. The van der Waals surface area contributed by atoms with Crippen LogP contribution in [0.4, 0.5) is 11.4 Å². The highest BCUT2D eigenvalue weighted by atomic mass is 32.2. The Kier molecular flexibility index (Phi) is 8.26. The van der Waals surface area contributed by atoms with Crippen molar-refractivity contribution in [3.63, 3.8) is 0 Å². The Bertz CT molecular complexity index is 1300. The molecule has 0 aromatic heterocycles. The van der Waals surface area contributed by atoms with Gasteiger partial charge in [0.25, 0.3) is 0 Å². The van der Waals surface area contributed by atoms with E-state index in [1.807, 2.05) is 12.1 Å². The van der Waals surface area contributed by atoms with Crippen molar-refractivity contribution in [3.8, 4) is 11.1 Å². The highest BCUT2D eigenvalue weighted by Gasteiger charge is 2.17. The van der Waals surface area contributed by atoms with Gasteiger partial charge in [-0.15, -0.1) is 0 Å². The van der Waals surface area contributed by atoms with Gasteiger partial charge in [-0.1, -0.05) is 56.3 Å². The zero-order valence-electron chi connectivity index (χ0n) is 19.8. The van der Waals surface area contributed by atoms with E-state index in [2.05, 4.69) is 24.5 Å². The molecule has 0 radical (unpaired) electrons. The number of amides is 1. The number of primary sulfonamides is 1. The predicted octanol–water partition coefficient (Wildman–Crippen LogP) is 4.14. The quantitative estimate of drug-likeness (QED) is 0.212. The summed E-state index contributed by atoms with van der Waals surface area (Å²) in [5, 5.41) is 19.3. The van der Waals surface area contributed by atoms with E-state index < -0.39 is 10.0 Å². The first-order chi connectivity index (χ1) is 16.5. The van der Waals surface area contributed by atoms with Crippen LogP contribution in [0.5, 0.6) is 0 Å². The lowest BCUT2D eigenvalue weighted by molar-refractivity contribution is -0.116. The third-order valence-electron chi connectivity index (χ3n) is 5.41. The van der Waals surface area contributed by atoms with Crippen LogP contribution in [0.25, 0.3) is 11.1 Å². The summed E-state index contributed by atoms with van der Waals surface area (Å²) in [6.07, 6.45) is 1.03. The van der Waals surface area contributed by atoms with Gasteiger partial charge in [0, 0.05) is 35.0 Å². The van der Waals surface area contributed by atoms with Crippen LogP contribution >= 0.6 is 0 Å². The Morgan fingerprint density at radius 2 is 1.66 bits per heavy atom. The van der Waals surface area contributed by atoms with E-state index in [1.165, 1.54) is 6.07 Å². The Labute approximate surface area is 206 Å². The van der Waals surface area contributed by atoms with Crippen molar-refractivity contribution in [2.75, 3.05) is 10.6 Å². The lowest BCUT2D eigenvalue weighted by Crippen LogP contribution is -2.28. The molecular weight excluding hydrogens is 462 g/mol. The predicted molar refractivity (Wildman–Crippen MR) is 141 cm³/mol. The average Bonchev–Trinajstić information content (AvgIpc) is 2.78. The SMILES string of the molecule is CC(C)C[C@@H](CC(=O)Nc1ccc(-c2ccccc2S(N)(=O)=O)cc1)Nc1cccc(C(=N)N)c1. The largest absolute Gasteiger partial charge is 0.384 e. The van der Waals surface area contributed by atoms with Crippen molar-refractivity contribution >= 4 is 33.1 Å². The first-order valence-electron chi connectivity index (χ1n) is 11.3. The van der Waals surface area contributed by atoms with Gasteiger partial charge >= 0.3 is 0 Å². The molecule has 0 saturated carbocycles. The van der Waals surface area contributed by atoms with Crippen molar-refractivity contribution in [2.45, 2.75) is 37.6 Å². The first-order valence-corrected chi connectivity index (χ1v) is 12.8. The van der Waals surface area contributed by atoms with Gasteiger partial charge in [-0.05, 0) is 48.2 Å². The topological polar surface area (TPSA) is 151 Å². The molecule has 3 aromatic rings. The molecule has 1 amide bonds. The maximum Gasteiger partial charge on any atom is 0.238 e. The summed E-state index contributed by atoms with van der Waals surface area (Å²) in [5.41, 5.74) is 8.80. The molecular formula is C26H31N5O3S. The van der Waals surface area contributed by atoms with Crippen molar-refractivity contribution in [1.82, 2.24) is 0 Å². The Balaban J connectivity index is 1.70. The minimum Gasteiger partial charge on any atom is -0.384 e. The van der Waals surface area contributed by atoms with E-state index in [9.17, 15) is 13.2 Å². The number of benzene rings is 3. The van der Waals surface area contributed by atoms with Crippen LogP contribution in [0, 0.1) is 11.3 Å². The van der Waals surface area contributed by atoms with E-state index >= 15 is 0 Å². The fourth-order valence-electron chi connectivity index (χ4n) is 3.90. The van der Waals surface area contributed by atoms with Gasteiger partial charge in [-0.25, -0.2) is 13.6 Å². The molecule has 3 rings (SSSR count). The Hall–Kier alpha value is -3.69. The van der Waals surface area contributed by atoms with Crippen molar-refractivity contribution in [2.24, 2.45) is 16.8 Å². The second-order valence-corrected chi connectivity index (χ2v) is 10.4. The number of sulfonamides is 1. The fourth-order valence-corrected chi connectivity index (χ4v) is 4.66. The molecule has 0 aliphatic carbocycles. The van der Waals surface area contributed by atoms with E-state index in [4.69, 9.17) is 16.3 Å². The number of carbonyl (C=O) groups is 1. The summed E-state index contributed by atoms with van der Waals surface area (Å²) in [6, 6.07) is 20.6. The van der Waals surface area contributed by atoms with E-state index in [-0.39, 0.29) is 29.1 Å². The highest BCUT2D eigenvalue weighted by molar-refractivity contribution is 7.89. The van der Waals surface area contributed by atoms with E-state index in [1.54, 1.807) is 54.6 Å². The van der Waals surface area contributed by atoms with Gasteiger partial charge in [0.15, 0.2) is 0 Å². The van der Waals surface area contributed by atoms with Crippen molar-refractivity contribution in [3.05, 3.63) is 78.4 Å². The number of amidine groups is 1. The standard InChI is InChI=1S/C26H31N5O3S/c1-17(2)14-22(30-21-7-5-6-19(15-21)26(27)28)16-25(32)31-20-12-10-18(11-13-20)23-8-3-4-9-24(23)35(29,33)34/h3-13,15,17,22,30H,14,16H2,1-2H3,(H3,27,28)(H,31,32)(H2,29,33,34)/t22-/m0/s1. The highest BCUT2D eigenvalue weighted by Crippen LogP contribution is 2.27. The van der Waals surface area contributed by atoms with Gasteiger partial charge < -0.3 is 16.4 Å².